The molecular weight excluding hydrogens is 462 g/mol. The fraction of sp³-hybridized carbons (Fsp3) is 0.296. The number of benzene rings is 2. The quantitative estimate of drug-likeness (QED) is 0.396. The second kappa shape index (κ2) is 11.9. The first kappa shape index (κ1) is 24.8. The lowest BCUT2D eigenvalue weighted by Crippen LogP contribution is -2.38. The number of fused-ring (bicyclic) bond motifs is 1. The SMILES string of the molecule is COCCOC(=O)C1=C(C)N=C2SC=C(CC(=O)NCCc3ccccc3)N2C1c1ccccc1. The zero-order valence-corrected chi connectivity index (χ0v) is 20.7. The summed E-state index contributed by atoms with van der Waals surface area (Å²) in [6.07, 6.45) is 0.956. The van der Waals surface area contributed by atoms with E-state index in [1.54, 1.807) is 7.11 Å². The monoisotopic (exact) mass is 491 g/mol. The minimum Gasteiger partial charge on any atom is -0.460 e. The number of amides is 1. The molecule has 2 aromatic carbocycles. The second-order valence-electron chi connectivity index (χ2n) is 8.19. The maximum Gasteiger partial charge on any atom is 0.338 e. The number of nitrogens with zero attached hydrogens (tertiary/aromatic N) is 2. The van der Waals surface area contributed by atoms with Gasteiger partial charge in [-0.2, -0.15) is 0 Å². The van der Waals surface area contributed by atoms with Gasteiger partial charge in [0.25, 0.3) is 0 Å². The first-order chi connectivity index (χ1) is 17.1. The zero-order chi connectivity index (χ0) is 24.6. The lowest BCUT2D eigenvalue weighted by atomic mass is 9.94. The number of carbonyl (C=O) groups excluding carboxylic acids is 2. The Bertz CT molecular complexity index is 1150. The predicted molar refractivity (Wildman–Crippen MR) is 137 cm³/mol. The van der Waals surface area contributed by atoms with Gasteiger partial charge in [-0.25, -0.2) is 9.79 Å². The zero-order valence-electron chi connectivity index (χ0n) is 19.9. The van der Waals surface area contributed by atoms with Gasteiger partial charge < -0.3 is 19.7 Å². The summed E-state index contributed by atoms with van der Waals surface area (Å²) in [4.78, 5) is 32.6. The smallest absolute Gasteiger partial charge is 0.338 e. The van der Waals surface area contributed by atoms with Crippen LogP contribution in [0, 0.1) is 0 Å². The molecule has 35 heavy (non-hydrogen) atoms. The normalized spacial score (nSPS) is 17.0. The van der Waals surface area contributed by atoms with Crippen molar-refractivity contribution in [3.63, 3.8) is 0 Å². The minimum atomic E-state index is -0.433. The summed E-state index contributed by atoms with van der Waals surface area (Å²) in [7, 11) is 1.56. The van der Waals surface area contributed by atoms with Crippen molar-refractivity contribution in [1.82, 2.24) is 10.2 Å². The van der Waals surface area contributed by atoms with E-state index >= 15 is 0 Å². The summed E-state index contributed by atoms with van der Waals surface area (Å²) in [6.45, 7) is 2.85. The Hall–Kier alpha value is -3.36. The van der Waals surface area contributed by atoms with Gasteiger partial charge in [0.15, 0.2) is 5.17 Å². The number of hydrogen-bond donors (Lipinski definition) is 1. The Morgan fingerprint density at radius 2 is 1.77 bits per heavy atom. The Morgan fingerprint density at radius 3 is 2.49 bits per heavy atom. The van der Waals surface area contributed by atoms with Crippen LogP contribution in [-0.2, 0) is 25.5 Å². The van der Waals surface area contributed by atoms with E-state index in [1.807, 2.05) is 77.9 Å². The van der Waals surface area contributed by atoms with Crippen LogP contribution in [0.4, 0.5) is 0 Å². The van der Waals surface area contributed by atoms with Gasteiger partial charge >= 0.3 is 5.97 Å². The molecule has 8 heteroatoms. The minimum absolute atomic E-state index is 0.0728. The molecule has 0 spiro atoms. The summed E-state index contributed by atoms with van der Waals surface area (Å²) in [5.41, 5.74) is 3.98. The number of rotatable bonds is 10. The molecule has 0 saturated carbocycles. The van der Waals surface area contributed by atoms with Crippen molar-refractivity contribution in [2.45, 2.75) is 25.8 Å². The van der Waals surface area contributed by atoms with Crippen molar-refractivity contribution in [1.29, 1.82) is 0 Å². The van der Waals surface area contributed by atoms with Gasteiger partial charge in [-0.05, 0) is 29.9 Å². The topological polar surface area (TPSA) is 80.2 Å². The van der Waals surface area contributed by atoms with Crippen molar-refractivity contribution < 1.29 is 19.1 Å². The molecule has 2 aliphatic rings. The summed E-state index contributed by atoms with van der Waals surface area (Å²) < 4.78 is 10.5. The molecule has 182 valence electrons. The van der Waals surface area contributed by atoms with Gasteiger partial charge in [0.05, 0.1) is 30.3 Å². The highest BCUT2D eigenvalue weighted by Crippen LogP contribution is 2.44. The third kappa shape index (κ3) is 6.01. The molecule has 0 aliphatic carbocycles. The molecule has 0 saturated heterocycles. The number of nitrogens with one attached hydrogen (secondary N) is 1. The number of carbonyl (C=O) groups is 2. The van der Waals surface area contributed by atoms with Gasteiger partial charge in [0, 0.05) is 19.4 Å². The van der Waals surface area contributed by atoms with Gasteiger partial charge in [-0.3, -0.25) is 4.79 Å². The van der Waals surface area contributed by atoms with Crippen molar-refractivity contribution in [3.8, 4) is 0 Å². The average Bonchev–Trinajstić information content (AvgIpc) is 3.26. The molecule has 1 unspecified atom stereocenters. The van der Waals surface area contributed by atoms with Crippen LogP contribution in [0.2, 0.25) is 0 Å². The standard InChI is InChI=1S/C27H29N3O4S/c1-19-24(26(32)34-16-15-33-2)25(21-11-7-4-8-12-21)30-22(18-35-27(30)29-19)17-23(31)28-14-13-20-9-5-3-6-10-20/h3-12,18,25H,13-17H2,1-2H3,(H,28,31). The number of thioether (sulfide) groups is 1. The molecule has 0 bridgehead atoms. The highest BCUT2D eigenvalue weighted by molar-refractivity contribution is 8.16. The number of allylic oxidation sites excluding steroid dienone is 1. The maximum atomic E-state index is 13.1. The van der Waals surface area contributed by atoms with Gasteiger partial charge in [0.1, 0.15) is 6.61 Å². The second-order valence-corrected chi connectivity index (χ2v) is 9.03. The van der Waals surface area contributed by atoms with Crippen molar-refractivity contribution in [2.75, 3.05) is 26.9 Å². The summed E-state index contributed by atoms with van der Waals surface area (Å²) in [5, 5.41) is 5.70. The summed E-state index contributed by atoms with van der Waals surface area (Å²) in [6, 6.07) is 19.4. The van der Waals surface area contributed by atoms with E-state index in [-0.39, 0.29) is 18.9 Å². The maximum absolute atomic E-state index is 13.1. The van der Waals surface area contributed by atoms with E-state index in [9.17, 15) is 9.59 Å². The van der Waals surface area contributed by atoms with Crippen molar-refractivity contribution in [2.24, 2.45) is 4.99 Å². The lowest BCUT2D eigenvalue weighted by molar-refractivity contribution is -0.141. The van der Waals surface area contributed by atoms with E-state index in [4.69, 9.17) is 9.47 Å². The van der Waals surface area contributed by atoms with Crippen molar-refractivity contribution in [3.05, 3.63) is 94.2 Å². The molecule has 0 fully saturated rings. The number of aliphatic imine (C=N–C) groups is 1. The number of hydrogen-bond acceptors (Lipinski definition) is 7. The Labute approximate surface area is 209 Å². The molecule has 1 amide bonds. The first-order valence-corrected chi connectivity index (χ1v) is 12.4. The summed E-state index contributed by atoms with van der Waals surface area (Å²) >= 11 is 1.46. The van der Waals surface area contributed by atoms with E-state index in [1.165, 1.54) is 17.3 Å². The first-order valence-electron chi connectivity index (χ1n) is 11.5. The predicted octanol–water partition coefficient (Wildman–Crippen LogP) is 4.20. The average molecular weight is 492 g/mol. The number of amidine groups is 1. The van der Waals surface area contributed by atoms with Gasteiger partial charge in [-0.1, -0.05) is 72.4 Å². The molecule has 2 heterocycles. The molecule has 1 atom stereocenters. The molecule has 1 N–H and O–H groups in total. The van der Waals surface area contributed by atoms with Crippen LogP contribution < -0.4 is 5.32 Å². The lowest BCUT2D eigenvalue weighted by Gasteiger charge is -2.36. The van der Waals surface area contributed by atoms with Crippen LogP contribution in [-0.4, -0.2) is 48.8 Å². The molecule has 0 aromatic heterocycles. The number of esters is 1. The molecule has 4 rings (SSSR count). The van der Waals surface area contributed by atoms with Crippen LogP contribution in [0.25, 0.3) is 0 Å². The third-order valence-electron chi connectivity index (χ3n) is 5.78. The Balaban J connectivity index is 1.51. The molecule has 2 aromatic rings. The van der Waals surface area contributed by atoms with E-state index < -0.39 is 12.0 Å². The molecule has 7 nitrogen and oxygen atoms in total. The van der Waals surface area contributed by atoms with Crippen molar-refractivity contribution >= 4 is 28.8 Å². The van der Waals surface area contributed by atoms with E-state index in [2.05, 4.69) is 10.3 Å². The van der Waals surface area contributed by atoms with Crippen LogP contribution in [0.3, 0.4) is 0 Å². The molecule has 2 aliphatic heterocycles. The van der Waals surface area contributed by atoms with E-state index in [0.717, 1.165) is 22.8 Å². The largest absolute Gasteiger partial charge is 0.460 e. The molecular formula is C27H29N3O4S. The van der Waals surface area contributed by atoms with Gasteiger partial charge in [-0.15, -0.1) is 0 Å². The Morgan fingerprint density at radius 1 is 1.06 bits per heavy atom. The third-order valence-corrected chi connectivity index (χ3v) is 6.67. The van der Waals surface area contributed by atoms with Gasteiger partial charge in [0.2, 0.25) is 5.91 Å². The number of methoxy groups -OCH3 is 1. The fourth-order valence-electron chi connectivity index (χ4n) is 4.09. The Kier molecular flexibility index (Phi) is 8.39. The van der Waals surface area contributed by atoms with Crippen LogP contribution in [0.1, 0.15) is 30.5 Å². The highest BCUT2D eigenvalue weighted by atomic mass is 32.2. The van der Waals surface area contributed by atoms with Crippen LogP contribution in [0.5, 0.6) is 0 Å². The fourth-order valence-corrected chi connectivity index (χ4v) is 5.06. The van der Waals surface area contributed by atoms with E-state index in [0.29, 0.717) is 24.4 Å². The van der Waals surface area contributed by atoms with Crippen LogP contribution in [0.15, 0.2) is 88.0 Å². The summed E-state index contributed by atoms with van der Waals surface area (Å²) in [5.74, 6) is -0.504. The molecule has 0 radical (unpaired) electrons. The highest BCUT2D eigenvalue weighted by Gasteiger charge is 2.41. The van der Waals surface area contributed by atoms with Crippen LogP contribution >= 0.6 is 11.8 Å². The number of ether oxygens (including phenoxy) is 2.